The summed E-state index contributed by atoms with van der Waals surface area (Å²) in [7, 11) is 3.06. The van der Waals surface area contributed by atoms with Crippen LogP contribution < -0.4 is 15.2 Å². The molecule has 1 aliphatic rings. The Hall–Kier alpha value is -2.95. The highest BCUT2D eigenvalue weighted by atomic mass is 79.9. The van der Waals surface area contributed by atoms with Gasteiger partial charge >= 0.3 is 6.09 Å². The number of halogens is 1. The average molecular weight is 477 g/mol. The fraction of sp³-hybridized carbons (Fsp3) is 0.421. The van der Waals surface area contributed by atoms with Crippen molar-refractivity contribution in [3.05, 3.63) is 39.4 Å². The molecule has 0 atom stereocenters. The first-order chi connectivity index (χ1) is 14.3. The Morgan fingerprint density at radius 1 is 1.27 bits per heavy atom. The normalized spacial score (nSPS) is 19.0. The third kappa shape index (κ3) is 3.89. The van der Waals surface area contributed by atoms with Gasteiger partial charge in [0.15, 0.2) is 0 Å². The number of hydrogen-bond donors (Lipinski definition) is 1. The van der Waals surface area contributed by atoms with Crippen LogP contribution in [0.15, 0.2) is 33.8 Å². The Morgan fingerprint density at radius 2 is 2.00 bits per heavy atom. The summed E-state index contributed by atoms with van der Waals surface area (Å²) >= 11 is 3.48. The summed E-state index contributed by atoms with van der Waals surface area (Å²) < 4.78 is 9.84. The van der Waals surface area contributed by atoms with Gasteiger partial charge in [-0.25, -0.2) is 14.5 Å². The summed E-state index contributed by atoms with van der Waals surface area (Å²) in [5.74, 6) is 0.793. The third-order valence-electron chi connectivity index (χ3n) is 5.38. The first-order valence-electron chi connectivity index (χ1n) is 9.55. The Bertz CT molecular complexity index is 1150. The average Bonchev–Trinajstić information content (AvgIpc) is 3.06. The molecule has 0 bridgehead atoms. The highest BCUT2D eigenvalue weighted by molar-refractivity contribution is 9.10. The first kappa shape index (κ1) is 20.3. The molecule has 10 nitrogen and oxygen atoms in total. The molecule has 1 fully saturated rings. The second-order valence-corrected chi connectivity index (χ2v) is 8.07. The van der Waals surface area contributed by atoms with Crippen LogP contribution in [0.2, 0.25) is 0 Å². The SMILES string of the molecule is CN(C(=O)O)c1cc2c(cn1)c(Br)nn2C1CCC(Oc2ccc(=O)n(C)n2)CC1. The van der Waals surface area contributed by atoms with Gasteiger partial charge in [-0.2, -0.15) is 5.10 Å². The number of amides is 1. The van der Waals surface area contributed by atoms with E-state index in [-0.39, 0.29) is 17.7 Å². The van der Waals surface area contributed by atoms with Crippen LogP contribution in [0.1, 0.15) is 31.7 Å². The van der Waals surface area contributed by atoms with Gasteiger partial charge in [-0.3, -0.25) is 14.4 Å². The van der Waals surface area contributed by atoms with E-state index in [1.165, 1.54) is 17.8 Å². The lowest BCUT2D eigenvalue weighted by Crippen LogP contribution is -2.28. The highest BCUT2D eigenvalue weighted by Crippen LogP contribution is 2.35. The van der Waals surface area contributed by atoms with Gasteiger partial charge in [0.05, 0.1) is 16.9 Å². The molecule has 0 aromatic carbocycles. The summed E-state index contributed by atoms with van der Waals surface area (Å²) in [6, 6.07) is 4.96. The molecule has 1 saturated carbocycles. The predicted octanol–water partition coefficient (Wildman–Crippen LogP) is 2.96. The van der Waals surface area contributed by atoms with E-state index < -0.39 is 6.09 Å². The predicted molar refractivity (Wildman–Crippen MR) is 113 cm³/mol. The maximum atomic E-state index is 11.5. The monoisotopic (exact) mass is 476 g/mol. The Morgan fingerprint density at radius 3 is 2.67 bits per heavy atom. The van der Waals surface area contributed by atoms with E-state index in [4.69, 9.17) is 4.74 Å². The fourth-order valence-corrected chi connectivity index (χ4v) is 4.14. The molecule has 4 rings (SSSR count). The lowest BCUT2D eigenvalue weighted by Gasteiger charge is -2.29. The number of anilines is 1. The number of aryl methyl sites for hydroxylation is 1. The Balaban J connectivity index is 1.51. The van der Waals surface area contributed by atoms with Crippen LogP contribution in [0.5, 0.6) is 5.88 Å². The zero-order chi connectivity index (χ0) is 21.4. The molecule has 3 aromatic rings. The largest absolute Gasteiger partial charge is 0.473 e. The van der Waals surface area contributed by atoms with Crippen molar-refractivity contribution in [1.82, 2.24) is 24.5 Å². The molecule has 30 heavy (non-hydrogen) atoms. The molecule has 3 heterocycles. The molecule has 0 unspecified atom stereocenters. The smallest absolute Gasteiger partial charge is 0.412 e. The van der Waals surface area contributed by atoms with Crippen molar-refractivity contribution in [2.24, 2.45) is 7.05 Å². The number of nitrogens with zero attached hydrogens (tertiary/aromatic N) is 6. The van der Waals surface area contributed by atoms with Gasteiger partial charge in [0.2, 0.25) is 5.88 Å². The van der Waals surface area contributed by atoms with Gasteiger partial charge in [0.25, 0.3) is 5.56 Å². The highest BCUT2D eigenvalue weighted by Gasteiger charge is 2.27. The molecule has 0 spiro atoms. The lowest BCUT2D eigenvalue weighted by molar-refractivity contribution is 0.123. The van der Waals surface area contributed by atoms with Crippen LogP contribution in [0.3, 0.4) is 0 Å². The van der Waals surface area contributed by atoms with E-state index in [0.717, 1.165) is 41.5 Å². The minimum absolute atomic E-state index is 0.0203. The van der Waals surface area contributed by atoms with E-state index in [2.05, 4.69) is 31.1 Å². The fourth-order valence-electron chi connectivity index (χ4n) is 3.67. The summed E-state index contributed by atoms with van der Waals surface area (Å²) in [4.78, 5) is 28.0. The van der Waals surface area contributed by atoms with E-state index in [9.17, 15) is 14.7 Å². The van der Waals surface area contributed by atoms with Crippen LogP contribution in [-0.4, -0.2) is 48.9 Å². The molecule has 11 heteroatoms. The van der Waals surface area contributed by atoms with Gasteiger partial charge in [0, 0.05) is 38.5 Å². The van der Waals surface area contributed by atoms with Crippen molar-refractivity contribution in [3.8, 4) is 5.88 Å². The minimum atomic E-state index is -1.07. The molecule has 0 saturated heterocycles. The number of ether oxygens (including phenoxy) is 1. The molecule has 1 aliphatic carbocycles. The van der Waals surface area contributed by atoms with E-state index >= 15 is 0 Å². The van der Waals surface area contributed by atoms with Crippen molar-refractivity contribution in [2.75, 3.05) is 11.9 Å². The molecular weight excluding hydrogens is 456 g/mol. The Labute approximate surface area is 180 Å². The van der Waals surface area contributed by atoms with Gasteiger partial charge < -0.3 is 9.84 Å². The second kappa shape index (κ2) is 8.05. The summed E-state index contributed by atoms with van der Waals surface area (Å²) in [5.41, 5.74) is 0.661. The van der Waals surface area contributed by atoms with Crippen molar-refractivity contribution >= 4 is 38.7 Å². The van der Waals surface area contributed by atoms with Gasteiger partial charge in [0.1, 0.15) is 16.5 Å². The number of fused-ring (bicyclic) bond motifs is 1. The Kier molecular flexibility index (Phi) is 5.46. The van der Waals surface area contributed by atoms with E-state index in [1.807, 2.05) is 4.68 Å². The molecule has 1 amide bonds. The quantitative estimate of drug-likeness (QED) is 0.614. The maximum Gasteiger partial charge on any atom is 0.412 e. The number of pyridine rings is 1. The van der Waals surface area contributed by atoms with Crippen LogP contribution in [-0.2, 0) is 7.05 Å². The number of hydrogen-bond acceptors (Lipinski definition) is 6. The zero-order valence-corrected chi connectivity index (χ0v) is 18.1. The molecule has 0 radical (unpaired) electrons. The molecule has 158 valence electrons. The summed E-state index contributed by atoms with van der Waals surface area (Å²) in [6.45, 7) is 0. The standard InChI is InChI=1S/C19H21BrN6O4/c1-24(19(28)29)15-9-14-13(10-21-15)18(20)23-26(14)11-3-5-12(6-4-11)30-16-7-8-17(27)25(2)22-16/h7-12H,3-6H2,1-2H3,(H,28,29). The second-order valence-electron chi connectivity index (χ2n) is 7.32. The number of aromatic nitrogens is 5. The van der Waals surface area contributed by atoms with E-state index in [0.29, 0.717) is 16.3 Å². The van der Waals surface area contributed by atoms with Crippen molar-refractivity contribution in [3.63, 3.8) is 0 Å². The first-order valence-corrected chi connectivity index (χ1v) is 10.3. The zero-order valence-electron chi connectivity index (χ0n) is 16.5. The molecule has 0 aliphatic heterocycles. The van der Waals surface area contributed by atoms with Gasteiger partial charge in [-0.05, 0) is 41.6 Å². The van der Waals surface area contributed by atoms with Gasteiger partial charge in [-0.15, -0.1) is 5.10 Å². The lowest BCUT2D eigenvalue weighted by atomic mass is 9.93. The van der Waals surface area contributed by atoms with Crippen molar-refractivity contribution in [2.45, 2.75) is 37.8 Å². The maximum absolute atomic E-state index is 11.5. The molecule has 3 aromatic heterocycles. The number of carboxylic acid groups (broad SMARTS) is 1. The van der Waals surface area contributed by atoms with E-state index in [1.54, 1.807) is 25.4 Å². The van der Waals surface area contributed by atoms with Gasteiger partial charge in [-0.1, -0.05) is 0 Å². The molecular formula is C19H21BrN6O4. The van der Waals surface area contributed by atoms with Crippen molar-refractivity contribution in [1.29, 1.82) is 0 Å². The summed E-state index contributed by atoms with van der Waals surface area (Å²) in [5, 5.41) is 18.8. The van der Waals surface area contributed by atoms with Crippen molar-refractivity contribution < 1.29 is 14.6 Å². The number of carbonyl (C=O) groups is 1. The summed E-state index contributed by atoms with van der Waals surface area (Å²) in [6.07, 6.45) is 3.93. The van der Waals surface area contributed by atoms with Crippen LogP contribution in [0.4, 0.5) is 10.6 Å². The number of rotatable bonds is 4. The minimum Gasteiger partial charge on any atom is -0.473 e. The van der Waals surface area contributed by atoms with Crippen LogP contribution in [0.25, 0.3) is 10.9 Å². The van der Waals surface area contributed by atoms with Crippen LogP contribution in [0, 0.1) is 0 Å². The third-order valence-corrected chi connectivity index (χ3v) is 5.96. The van der Waals surface area contributed by atoms with Crippen LogP contribution >= 0.6 is 15.9 Å². The topological polar surface area (TPSA) is 115 Å². The molecule has 1 N–H and O–H groups in total.